The first kappa shape index (κ1) is 15.6. The van der Waals surface area contributed by atoms with Crippen molar-refractivity contribution in [3.05, 3.63) is 59.7 Å². The zero-order valence-electron chi connectivity index (χ0n) is 12.5. The van der Waals surface area contributed by atoms with Crippen LogP contribution in [0.2, 0.25) is 0 Å². The monoisotopic (exact) mass is 284 g/mol. The Kier molecular flexibility index (Phi) is 5.42. The van der Waals surface area contributed by atoms with Crippen LogP contribution in [0.15, 0.2) is 48.5 Å². The van der Waals surface area contributed by atoms with Crippen LogP contribution < -0.4 is 10.2 Å². The zero-order valence-corrected chi connectivity index (χ0v) is 12.5. The molecule has 0 aliphatic carbocycles. The maximum Gasteiger partial charge on any atom is 0.488 e. The predicted octanol–water partition coefficient (Wildman–Crippen LogP) is 2.46. The van der Waals surface area contributed by atoms with Crippen molar-refractivity contribution < 1.29 is 14.8 Å². The van der Waals surface area contributed by atoms with Crippen LogP contribution in [0.1, 0.15) is 37.3 Å². The van der Waals surface area contributed by atoms with Gasteiger partial charge in [0.2, 0.25) is 0 Å². The van der Waals surface area contributed by atoms with Gasteiger partial charge in [-0.25, -0.2) is 0 Å². The lowest BCUT2D eigenvalue weighted by molar-refractivity contribution is 0.306. The topological polar surface area (TPSA) is 49.7 Å². The van der Waals surface area contributed by atoms with Crippen molar-refractivity contribution in [2.75, 3.05) is 0 Å². The Morgan fingerprint density at radius 3 is 2.33 bits per heavy atom. The molecule has 2 rings (SSSR count). The van der Waals surface area contributed by atoms with E-state index in [1.807, 2.05) is 24.3 Å². The molecule has 0 spiro atoms. The second-order valence-corrected chi connectivity index (χ2v) is 5.24. The summed E-state index contributed by atoms with van der Waals surface area (Å²) in [5, 5.41) is 18.7. The lowest BCUT2D eigenvalue weighted by atomic mass is 9.77. The van der Waals surface area contributed by atoms with Crippen LogP contribution in [-0.4, -0.2) is 17.2 Å². The third-order valence-corrected chi connectivity index (χ3v) is 3.79. The average Bonchev–Trinajstić information content (AvgIpc) is 2.52. The largest absolute Gasteiger partial charge is 0.489 e. The molecule has 2 aromatic carbocycles. The van der Waals surface area contributed by atoms with Crippen molar-refractivity contribution in [2.45, 2.75) is 32.8 Å². The lowest BCUT2D eigenvalue weighted by Gasteiger charge is -2.12. The molecule has 0 aliphatic rings. The molecular formula is C17H21BO3. The van der Waals surface area contributed by atoms with Crippen LogP contribution in [0.3, 0.4) is 0 Å². The van der Waals surface area contributed by atoms with E-state index in [2.05, 4.69) is 26.0 Å². The van der Waals surface area contributed by atoms with Gasteiger partial charge < -0.3 is 14.8 Å². The highest BCUT2D eigenvalue weighted by Gasteiger charge is 2.15. The maximum absolute atomic E-state index is 9.33. The Morgan fingerprint density at radius 1 is 1.05 bits per heavy atom. The molecule has 4 heteroatoms. The highest BCUT2D eigenvalue weighted by atomic mass is 16.5. The first-order chi connectivity index (χ1) is 10.1. The minimum absolute atomic E-state index is 0.316. The van der Waals surface area contributed by atoms with Crippen LogP contribution in [0, 0.1) is 0 Å². The van der Waals surface area contributed by atoms with Gasteiger partial charge in [-0.2, -0.15) is 0 Å². The molecule has 110 valence electrons. The molecule has 2 N–H and O–H groups in total. The number of hydrogen-bond donors (Lipinski definition) is 2. The molecule has 0 saturated heterocycles. The summed E-state index contributed by atoms with van der Waals surface area (Å²) in [5.41, 5.74) is 2.56. The van der Waals surface area contributed by atoms with Crippen LogP contribution in [0.4, 0.5) is 0 Å². The van der Waals surface area contributed by atoms with Crippen LogP contribution in [0.25, 0.3) is 0 Å². The van der Waals surface area contributed by atoms with E-state index >= 15 is 0 Å². The fourth-order valence-electron chi connectivity index (χ4n) is 2.21. The molecule has 3 nitrogen and oxygen atoms in total. The predicted molar refractivity (Wildman–Crippen MR) is 85.7 cm³/mol. The van der Waals surface area contributed by atoms with Crippen LogP contribution in [-0.2, 0) is 6.61 Å². The third-order valence-electron chi connectivity index (χ3n) is 3.79. The van der Waals surface area contributed by atoms with Crippen molar-refractivity contribution in [1.82, 2.24) is 0 Å². The highest BCUT2D eigenvalue weighted by Crippen LogP contribution is 2.21. The molecule has 0 heterocycles. The van der Waals surface area contributed by atoms with Gasteiger partial charge in [0.15, 0.2) is 0 Å². The van der Waals surface area contributed by atoms with Crippen molar-refractivity contribution >= 4 is 12.6 Å². The average molecular weight is 284 g/mol. The fraction of sp³-hybridized carbons (Fsp3) is 0.294. The molecule has 0 aromatic heterocycles. The normalized spacial score (nSPS) is 12.0. The van der Waals surface area contributed by atoms with E-state index in [1.165, 1.54) is 5.56 Å². The van der Waals surface area contributed by atoms with Gasteiger partial charge in [-0.05, 0) is 41.1 Å². The second-order valence-electron chi connectivity index (χ2n) is 5.24. The standard InChI is InChI=1S/C17H21BO3/c1-3-13(2)14-8-10-16(11-9-14)21-12-15-6-4-5-7-17(15)18(19)20/h4-11,13,19-20H,3,12H2,1-2H3. The van der Waals surface area contributed by atoms with E-state index in [-0.39, 0.29) is 0 Å². The molecule has 21 heavy (non-hydrogen) atoms. The molecule has 0 radical (unpaired) electrons. The molecule has 0 bridgehead atoms. The summed E-state index contributed by atoms with van der Waals surface area (Å²) in [6, 6.07) is 15.2. The van der Waals surface area contributed by atoms with E-state index < -0.39 is 7.12 Å². The summed E-state index contributed by atoms with van der Waals surface area (Å²) in [4.78, 5) is 0. The maximum atomic E-state index is 9.33. The van der Waals surface area contributed by atoms with E-state index in [1.54, 1.807) is 12.1 Å². The van der Waals surface area contributed by atoms with Crippen molar-refractivity contribution in [1.29, 1.82) is 0 Å². The Hall–Kier alpha value is -1.78. The fourth-order valence-corrected chi connectivity index (χ4v) is 2.21. The first-order valence-corrected chi connectivity index (χ1v) is 7.28. The molecule has 1 unspecified atom stereocenters. The van der Waals surface area contributed by atoms with Gasteiger partial charge in [-0.3, -0.25) is 0 Å². The molecule has 0 aliphatic heterocycles. The molecular weight excluding hydrogens is 263 g/mol. The van der Waals surface area contributed by atoms with Gasteiger partial charge in [-0.1, -0.05) is 50.2 Å². The Bertz CT molecular complexity index is 567. The quantitative estimate of drug-likeness (QED) is 0.801. The van der Waals surface area contributed by atoms with Gasteiger partial charge in [0.1, 0.15) is 12.4 Å². The Labute approximate surface area is 126 Å². The highest BCUT2D eigenvalue weighted by molar-refractivity contribution is 6.59. The smallest absolute Gasteiger partial charge is 0.488 e. The zero-order chi connectivity index (χ0) is 15.2. The minimum Gasteiger partial charge on any atom is -0.489 e. The summed E-state index contributed by atoms with van der Waals surface area (Å²) >= 11 is 0. The third kappa shape index (κ3) is 4.10. The molecule has 1 atom stereocenters. The molecule has 0 fully saturated rings. The summed E-state index contributed by atoms with van der Waals surface area (Å²) in [7, 11) is -1.47. The van der Waals surface area contributed by atoms with Gasteiger partial charge in [-0.15, -0.1) is 0 Å². The summed E-state index contributed by atoms with van der Waals surface area (Å²) in [6.45, 7) is 4.69. The number of ether oxygens (including phenoxy) is 1. The van der Waals surface area contributed by atoms with E-state index in [4.69, 9.17) is 4.74 Å². The minimum atomic E-state index is -1.47. The van der Waals surface area contributed by atoms with Crippen LogP contribution >= 0.6 is 0 Å². The van der Waals surface area contributed by atoms with Crippen molar-refractivity contribution in [3.63, 3.8) is 0 Å². The first-order valence-electron chi connectivity index (χ1n) is 7.28. The Balaban J connectivity index is 2.03. The number of benzene rings is 2. The molecule has 0 amide bonds. The van der Waals surface area contributed by atoms with E-state index in [9.17, 15) is 10.0 Å². The van der Waals surface area contributed by atoms with E-state index in [0.717, 1.165) is 17.7 Å². The summed E-state index contributed by atoms with van der Waals surface area (Å²) in [5.74, 6) is 1.33. The number of rotatable bonds is 6. The van der Waals surface area contributed by atoms with Crippen LogP contribution in [0.5, 0.6) is 5.75 Å². The number of hydrogen-bond acceptors (Lipinski definition) is 3. The summed E-state index contributed by atoms with van der Waals surface area (Å²) < 4.78 is 5.73. The van der Waals surface area contributed by atoms with Gasteiger partial charge in [0, 0.05) is 0 Å². The molecule has 0 saturated carbocycles. The summed E-state index contributed by atoms with van der Waals surface area (Å²) in [6.07, 6.45) is 1.11. The lowest BCUT2D eigenvalue weighted by Crippen LogP contribution is -2.33. The van der Waals surface area contributed by atoms with Gasteiger partial charge in [0.05, 0.1) is 0 Å². The second kappa shape index (κ2) is 7.30. The van der Waals surface area contributed by atoms with Crippen molar-refractivity contribution in [3.8, 4) is 5.75 Å². The Morgan fingerprint density at radius 2 is 1.71 bits per heavy atom. The molecule has 2 aromatic rings. The SMILES string of the molecule is CCC(C)c1ccc(OCc2ccccc2B(O)O)cc1. The van der Waals surface area contributed by atoms with Crippen molar-refractivity contribution in [2.24, 2.45) is 0 Å². The van der Waals surface area contributed by atoms with Gasteiger partial charge >= 0.3 is 7.12 Å². The van der Waals surface area contributed by atoms with E-state index in [0.29, 0.717) is 18.0 Å². The van der Waals surface area contributed by atoms with Gasteiger partial charge in [0.25, 0.3) is 0 Å².